The van der Waals surface area contributed by atoms with Crippen LogP contribution < -0.4 is 5.32 Å². The zero-order valence-electron chi connectivity index (χ0n) is 9.86. The molecule has 1 aromatic carbocycles. The summed E-state index contributed by atoms with van der Waals surface area (Å²) in [5, 5.41) is 21.2. The standard InChI is InChI=1S/C13H17ClN2O/c1-10(8-15)5-11-3-2-4-12(6-11)16-9-13(17)7-14/h2-4,6,10,13,16-17H,5,7,9H2,1H3. The first kappa shape index (κ1) is 13.8. The van der Waals surface area contributed by atoms with Crippen LogP contribution in [0.1, 0.15) is 12.5 Å². The highest BCUT2D eigenvalue weighted by Gasteiger charge is 2.04. The molecule has 0 fully saturated rings. The third-order valence-electron chi connectivity index (χ3n) is 2.41. The molecule has 0 bridgehead atoms. The zero-order valence-corrected chi connectivity index (χ0v) is 10.6. The summed E-state index contributed by atoms with van der Waals surface area (Å²) in [5.41, 5.74) is 2.06. The van der Waals surface area contributed by atoms with Gasteiger partial charge in [0.15, 0.2) is 0 Å². The van der Waals surface area contributed by atoms with E-state index in [0.717, 1.165) is 17.7 Å². The molecule has 2 unspecified atom stereocenters. The van der Waals surface area contributed by atoms with Crippen molar-refractivity contribution in [1.82, 2.24) is 0 Å². The highest BCUT2D eigenvalue weighted by Crippen LogP contribution is 2.14. The van der Waals surface area contributed by atoms with Crippen LogP contribution in [0.15, 0.2) is 24.3 Å². The Labute approximate surface area is 107 Å². The van der Waals surface area contributed by atoms with Crippen LogP contribution in [-0.2, 0) is 6.42 Å². The van der Waals surface area contributed by atoms with E-state index >= 15 is 0 Å². The molecule has 92 valence electrons. The number of rotatable bonds is 6. The SMILES string of the molecule is CC(C#N)Cc1cccc(NCC(O)CCl)c1. The van der Waals surface area contributed by atoms with Crippen molar-refractivity contribution in [2.24, 2.45) is 5.92 Å². The van der Waals surface area contributed by atoms with E-state index in [1.807, 2.05) is 31.2 Å². The number of halogens is 1. The van der Waals surface area contributed by atoms with Gasteiger partial charge in [-0.2, -0.15) is 5.26 Å². The number of nitriles is 1. The fraction of sp³-hybridized carbons (Fsp3) is 0.462. The lowest BCUT2D eigenvalue weighted by Crippen LogP contribution is -2.20. The average Bonchev–Trinajstić information content (AvgIpc) is 2.36. The first-order valence-electron chi connectivity index (χ1n) is 5.62. The van der Waals surface area contributed by atoms with Crippen LogP contribution in [0.5, 0.6) is 0 Å². The summed E-state index contributed by atoms with van der Waals surface area (Å²) in [4.78, 5) is 0. The Morgan fingerprint density at radius 3 is 2.94 bits per heavy atom. The Morgan fingerprint density at radius 2 is 2.29 bits per heavy atom. The van der Waals surface area contributed by atoms with Crippen molar-refractivity contribution in [2.45, 2.75) is 19.4 Å². The van der Waals surface area contributed by atoms with Crippen LogP contribution >= 0.6 is 11.6 Å². The number of hydrogen-bond donors (Lipinski definition) is 2. The molecule has 2 atom stereocenters. The van der Waals surface area contributed by atoms with Gasteiger partial charge >= 0.3 is 0 Å². The third-order valence-corrected chi connectivity index (χ3v) is 2.77. The summed E-state index contributed by atoms with van der Waals surface area (Å²) in [7, 11) is 0. The maximum Gasteiger partial charge on any atom is 0.0847 e. The second-order valence-corrected chi connectivity index (χ2v) is 4.43. The van der Waals surface area contributed by atoms with Crippen molar-refractivity contribution < 1.29 is 5.11 Å². The lowest BCUT2D eigenvalue weighted by molar-refractivity contribution is 0.211. The van der Waals surface area contributed by atoms with Crippen molar-refractivity contribution in [3.05, 3.63) is 29.8 Å². The van der Waals surface area contributed by atoms with E-state index in [0.29, 0.717) is 6.54 Å². The smallest absolute Gasteiger partial charge is 0.0847 e. The number of nitrogens with one attached hydrogen (secondary N) is 1. The van der Waals surface area contributed by atoms with Crippen molar-refractivity contribution in [2.75, 3.05) is 17.7 Å². The summed E-state index contributed by atoms with van der Waals surface area (Å²) < 4.78 is 0. The Morgan fingerprint density at radius 1 is 1.53 bits per heavy atom. The Hall–Kier alpha value is -1.24. The molecule has 1 rings (SSSR count). The van der Waals surface area contributed by atoms with E-state index in [4.69, 9.17) is 16.9 Å². The lowest BCUT2D eigenvalue weighted by Gasteiger charge is -2.11. The molecule has 4 heteroatoms. The van der Waals surface area contributed by atoms with Crippen LogP contribution in [0.4, 0.5) is 5.69 Å². The van der Waals surface area contributed by atoms with Gasteiger partial charge in [0.1, 0.15) is 0 Å². The molecule has 17 heavy (non-hydrogen) atoms. The Balaban J connectivity index is 2.57. The summed E-state index contributed by atoms with van der Waals surface area (Å²) in [5.74, 6) is 0.233. The lowest BCUT2D eigenvalue weighted by atomic mass is 10.0. The number of nitrogens with zero attached hydrogens (tertiary/aromatic N) is 1. The minimum atomic E-state index is -0.543. The van der Waals surface area contributed by atoms with Gasteiger partial charge in [-0.05, 0) is 31.0 Å². The van der Waals surface area contributed by atoms with Crippen LogP contribution in [0.25, 0.3) is 0 Å². The van der Waals surface area contributed by atoms with Gasteiger partial charge < -0.3 is 10.4 Å². The van der Waals surface area contributed by atoms with Gasteiger partial charge in [-0.3, -0.25) is 0 Å². The second-order valence-electron chi connectivity index (χ2n) is 4.12. The Kier molecular flexibility index (Phi) is 5.82. The predicted molar refractivity (Wildman–Crippen MR) is 70.1 cm³/mol. The number of hydrogen-bond acceptors (Lipinski definition) is 3. The number of anilines is 1. The molecule has 0 amide bonds. The van der Waals surface area contributed by atoms with E-state index < -0.39 is 6.10 Å². The highest BCUT2D eigenvalue weighted by molar-refractivity contribution is 6.18. The molecule has 1 aromatic rings. The number of aliphatic hydroxyl groups excluding tert-OH is 1. The molecule has 2 N–H and O–H groups in total. The summed E-state index contributed by atoms with van der Waals surface area (Å²) >= 11 is 5.51. The average molecular weight is 253 g/mol. The van der Waals surface area contributed by atoms with E-state index in [2.05, 4.69) is 11.4 Å². The largest absolute Gasteiger partial charge is 0.390 e. The molecule has 0 heterocycles. The van der Waals surface area contributed by atoms with Gasteiger partial charge in [-0.15, -0.1) is 11.6 Å². The maximum absolute atomic E-state index is 9.33. The van der Waals surface area contributed by atoms with Gasteiger partial charge in [-0.1, -0.05) is 12.1 Å². The topological polar surface area (TPSA) is 56.0 Å². The summed E-state index contributed by atoms with van der Waals surface area (Å²) in [6.07, 6.45) is 0.197. The molecule has 0 spiro atoms. The van der Waals surface area contributed by atoms with Crippen molar-refractivity contribution in [1.29, 1.82) is 5.26 Å². The molecule has 3 nitrogen and oxygen atoms in total. The van der Waals surface area contributed by atoms with E-state index in [9.17, 15) is 5.11 Å². The fourth-order valence-corrected chi connectivity index (χ4v) is 1.61. The van der Waals surface area contributed by atoms with Gasteiger partial charge in [-0.25, -0.2) is 0 Å². The second kappa shape index (κ2) is 7.16. The monoisotopic (exact) mass is 252 g/mol. The van der Waals surface area contributed by atoms with E-state index in [1.54, 1.807) is 0 Å². The van der Waals surface area contributed by atoms with E-state index in [-0.39, 0.29) is 11.8 Å². The normalized spacial score (nSPS) is 13.8. The van der Waals surface area contributed by atoms with Crippen molar-refractivity contribution in [3.63, 3.8) is 0 Å². The van der Waals surface area contributed by atoms with Gasteiger partial charge in [0.05, 0.1) is 18.1 Å². The fourth-order valence-electron chi connectivity index (χ4n) is 1.50. The van der Waals surface area contributed by atoms with Gasteiger partial charge in [0, 0.05) is 18.2 Å². The molecule has 0 saturated carbocycles. The van der Waals surface area contributed by atoms with Gasteiger partial charge in [0.2, 0.25) is 0 Å². The molecule has 0 aliphatic rings. The number of aliphatic hydroxyl groups is 1. The molecule has 0 aromatic heterocycles. The zero-order chi connectivity index (χ0) is 12.7. The number of benzene rings is 1. The van der Waals surface area contributed by atoms with Crippen LogP contribution in [-0.4, -0.2) is 23.6 Å². The summed E-state index contributed by atoms with van der Waals surface area (Å²) in [6, 6.07) is 10.1. The first-order chi connectivity index (χ1) is 8.15. The van der Waals surface area contributed by atoms with Crippen LogP contribution in [0.2, 0.25) is 0 Å². The minimum absolute atomic E-state index is 0.0127. The predicted octanol–water partition coefficient (Wildman–Crippen LogP) is 2.40. The molecular weight excluding hydrogens is 236 g/mol. The van der Waals surface area contributed by atoms with Crippen molar-refractivity contribution >= 4 is 17.3 Å². The highest BCUT2D eigenvalue weighted by atomic mass is 35.5. The molecular formula is C13H17ClN2O. The number of alkyl halides is 1. The van der Waals surface area contributed by atoms with Crippen LogP contribution in [0.3, 0.4) is 0 Å². The first-order valence-corrected chi connectivity index (χ1v) is 6.15. The minimum Gasteiger partial charge on any atom is -0.390 e. The molecule has 0 saturated heterocycles. The third kappa shape index (κ3) is 5.08. The summed E-state index contributed by atoms with van der Waals surface area (Å²) in [6.45, 7) is 2.33. The Bertz CT molecular complexity index is 389. The van der Waals surface area contributed by atoms with Gasteiger partial charge in [0.25, 0.3) is 0 Å². The molecule has 0 radical (unpaired) electrons. The molecule has 0 aliphatic carbocycles. The quantitative estimate of drug-likeness (QED) is 0.765. The van der Waals surface area contributed by atoms with E-state index in [1.165, 1.54) is 0 Å². The van der Waals surface area contributed by atoms with Crippen LogP contribution in [0, 0.1) is 17.2 Å². The molecule has 0 aliphatic heterocycles. The van der Waals surface area contributed by atoms with Crippen molar-refractivity contribution in [3.8, 4) is 6.07 Å². The maximum atomic E-state index is 9.33.